The summed E-state index contributed by atoms with van der Waals surface area (Å²) in [5.74, 6) is 2.73. The number of aromatic nitrogens is 2. The molecule has 0 bridgehead atoms. The number of fused-ring (bicyclic) bond motifs is 1. The summed E-state index contributed by atoms with van der Waals surface area (Å²) in [7, 11) is 0. The van der Waals surface area contributed by atoms with Gasteiger partial charge in [-0.15, -0.1) is 0 Å². The van der Waals surface area contributed by atoms with Gasteiger partial charge in [-0.1, -0.05) is 13.8 Å². The van der Waals surface area contributed by atoms with Crippen molar-refractivity contribution in [2.24, 2.45) is 5.92 Å². The number of hydrogen-bond donors (Lipinski definition) is 0. The molecule has 0 saturated heterocycles. The fraction of sp³-hybridized carbons (Fsp3) is 0.667. The first kappa shape index (κ1) is 6.89. The van der Waals surface area contributed by atoms with Crippen LogP contribution in [0.2, 0.25) is 0 Å². The topological polar surface area (TPSA) is 17.8 Å². The van der Waals surface area contributed by atoms with Gasteiger partial charge in [0.25, 0.3) is 0 Å². The van der Waals surface area contributed by atoms with E-state index < -0.39 is 0 Å². The van der Waals surface area contributed by atoms with Gasteiger partial charge in [0.2, 0.25) is 0 Å². The summed E-state index contributed by atoms with van der Waals surface area (Å²) in [5, 5.41) is 0. The highest BCUT2D eigenvalue weighted by molar-refractivity contribution is 5.06. The van der Waals surface area contributed by atoms with Crippen molar-refractivity contribution in [2.75, 3.05) is 0 Å². The van der Waals surface area contributed by atoms with Gasteiger partial charge in [-0.2, -0.15) is 0 Å². The Hall–Kier alpha value is -0.790. The number of nitrogens with zero attached hydrogens (tertiary/aromatic N) is 2. The molecule has 0 aromatic carbocycles. The average molecular weight is 150 g/mol. The lowest BCUT2D eigenvalue weighted by molar-refractivity contribution is 0.487. The Morgan fingerprint density at radius 3 is 3.18 bits per heavy atom. The fourth-order valence-corrected chi connectivity index (χ4v) is 1.88. The highest BCUT2D eigenvalue weighted by Crippen LogP contribution is 2.32. The number of rotatable bonds is 1. The van der Waals surface area contributed by atoms with Crippen LogP contribution < -0.4 is 0 Å². The molecule has 1 aliphatic rings. The Labute approximate surface area is 67.3 Å². The second kappa shape index (κ2) is 2.36. The summed E-state index contributed by atoms with van der Waals surface area (Å²) in [6.07, 6.45) is 5.27. The molecule has 0 spiro atoms. The first-order valence-corrected chi connectivity index (χ1v) is 4.30. The van der Waals surface area contributed by atoms with E-state index in [1.807, 2.05) is 6.20 Å². The molecule has 0 saturated carbocycles. The molecule has 60 valence electrons. The summed E-state index contributed by atoms with van der Waals surface area (Å²) in [6, 6.07) is 0. The highest BCUT2D eigenvalue weighted by Gasteiger charge is 2.25. The lowest BCUT2D eigenvalue weighted by atomic mass is 9.94. The van der Waals surface area contributed by atoms with Crippen LogP contribution in [-0.2, 0) is 6.54 Å². The van der Waals surface area contributed by atoms with E-state index in [-0.39, 0.29) is 0 Å². The zero-order chi connectivity index (χ0) is 7.84. The minimum absolute atomic E-state index is 0.699. The van der Waals surface area contributed by atoms with Gasteiger partial charge in [-0.05, 0) is 12.3 Å². The molecule has 1 aliphatic heterocycles. The molecule has 0 radical (unpaired) electrons. The van der Waals surface area contributed by atoms with Gasteiger partial charge in [0, 0.05) is 24.9 Å². The van der Waals surface area contributed by atoms with Gasteiger partial charge in [0.15, 0.2) is 0 Å². The van der Waals surface area contributed by atoms with Crippen LogP contribution in [0, 0.1) is 5.92 Å². The maximum Gasteiger partial charge on any atom is 0.112 e. The zero-order valence-corrected chi connectivity index (χ0v) is 7.12. The Morgan fingerprint density at radius 2 is 2.45 bits per heavy atom. The SMILES string of the molecule is CC(C)[C@@H]1CCn2ccnc21. The largest absolute Gasteiger partial charge is 0.335 e. The van der Waals surface area contributed by atoms with Crippen molar-refractivity contribution in [1.29, 1.82) is 0 Å². The van der Waals surface area contributed by atoms with Crippen molar-refractivity contribution in [3.8, 4) is 0 Å². The molecule has 0 amide bonds. The van der Waals surface area contributed by atoms with Crippen molar-refractivity contribution < 1.29 is 0 Å². The van der Waals surface area contributed by atoms with E-state index in [1.165, 1.54) is 12.2 Å². The molecular formula is C9H14N2. The Morgan fingerprint density at radius 1 is 1.64 bits per heavy atom. The van der Waals surface area contributed by atoms with E-state index in [1.54, 1.807) is 0 Å². The Kier molecular flexibility index (Phi) is 1.48. The summed E-state index contributed by atoms with van der Waals surface area (Å²) < 4.78 is 2.27. The average Bonchev–Trinajstić information content (AvgIpc) is 2.41. The molecule has 2 nitrogen and oxygen atoms in total. The molecule has 0 N–H and O–H groups in total. The highest BCUT2D eigenvalue weighted by atomic mass is 15.1. The van der Waals surface area contributed by atoms with E-state index in [0.717, 1.165) is 12.5 Å². The third kappa shape index (κ3) is 0.971. The third-order valence-corrected chi connectivity index (χ3v) is 2.57. The molecular weight excluding hydrogens is 136 g/mol. The van der Waals surface area contributed by atoms with E-state index in [4.69, 9.17) is 0 Å². The molecule has 2 rings (SSSR count). The van der Waals surface area contributed by atoms with Crippen molar-refractivity contribution in [3.05, 3.63) is 18.2 Å². The zero-order valence-electron chi connectivity index (χ0n) is 7.12. The maximum atomic E-state index is 4.36. The van der Waals surface area contributed by atoms with Crippen LogP contribution in [-0.4, -0.2) is 9.55 Å². The molecule has 0 fully saturated rings. The quantitative estimate of drug-likeness (QED) is 0.599. The van der Waals surface area contributed by atoms with Gasteiger partial charge in [0.1, 0.15) is 5.82 Å². The number of hydrogen-bond acceptors (Lipinski definition) is 1. The van der Waals surface area contributed by atoms with Crippen LogP contribution in [0.4, 0.5) is 0 Å². The second-order valence-electron chi connectivity index (χ2n) is 3.62. The smallest absolute Gasteiger partial charge is 0.112 e. The summed E-state index contributed by atoms with van der Waals surface area (Å²) in [4.78, 5) is 4.36. The molecule has 1 aromatic rings. The van der Waals surface area contributed by atoms with Gasteiger partial charge >= 0.3 is 0 Å². The van der Waals surface area contributed by atoms with Crippen molar-refractivity contribution in [2.45, 2.75) is 32.7 Å². The van der Waals surface area contributed by atoms with Crippen LogP contribution in [0.5, 0.6) is 0 Å². The standard InChI is InChI=1S/C9H14N2/c1-7(2)8-3-5-11-6-4-10-9(8)11/h4,6-8H,3,5H2,1-2H3/t8-/m0/s1. The van der Waals surface area contributed by atoms with Crippen molar-refractivity contribution in [1.82, 2.24) is 9.55 Å². The minimum Gasteiger partial charge on any atom is -0.335 e. The van der Waals surface area contributed by atoms with Crippen LogP contribution in [0.25, 0.3) is 0 Å². The van der Waals surface area contributed by atoms with Crippen LogP contribution in [0.1, 0.15) is 32.0 Å². The molecule has 11 heavy (non-hydrogen) atoms. The molecule has 0 unspecified atom stereocenters. The van der Waals surface area contributed by atoms with E-state index in [2.05, 4.69) is 29.6 Å². The molecule has 2 heterocycles. The van der Waals surface area contributed by atoms with Crippen molar-refractivity contribution >= 4 is 0 Å². The predicted octanol–water partition coefficient (Wildman–Crippen LogP) is 2.03. The number of aryl methyl sites for hydroxylation is 1. The lowest BCUT2D eigenvalue weighted by Gasteiger charge is -2.11. The van der Waals surface area contributed by atoms with Crippen LogP contribution in [0.3, 0.4) is 0 Å². The third-order valence-electron chi connectivity index (χ3n) is 2.57. The predicted molar refractivity (Wildman–Crippen MR) is 44.4 cm³/mol. The van der Waals surface area contributed by atoms with Gasteiger partial charge in [0.05, 0.1) is 0 Å². The Bertz CT molecular complexity index is 250. The van der Waals surface area contributed by atoms with Crippen molar-refractivity contribution in [3.63, 3.8) is 0 Å². The fourth-order valence-electron chi connectivity index (χ4n) is 1.88. The first-order chi connectivity index (χ1) is 5.29. The number of imidazole rings is 1. The van der Waals surface area contributed by atoms with E-state index >= 15 is 0 Å². The summed E-state index contributed by atoms with van der Waals surface area (Å²) in [5.41, 5.74) is 0. The molecule has 2 heteroatoms. The van der Waals surface area contributed by atoms with E-state index in [0.29, 0.717) is 5.92 Å². The second-order valence-corrected chi connectivity index (χ2v) is 3.62. The lowest BCUT2D eigenvalue weighted by Crippen LogP contribution is -2.03. The molecule has 0 aliphatic carbocycles. The summed E-state index contributed by atoms with van der Waals surface area (Å²) in [6.45, 7) is 5.71. The summed E-state index contributed by atoms with van der Waals surface area (Å²) >= 11 is 0. The molecule has 1 atom stereocenters. The van der Waals surface area contributed by atoms with Crippen LogP contribution in [0.15, 0.2) is 12.4 Å². The monoisotopic (exact) mass is 150 g/mol. The van der Waals surface area contributed by atoms with Gasteiger partial charge in [-0.3, -0.25) is 0 Å². The van der Waals surface area contributed by atoms with E-state index in [9.17, 15) is 0 Å². The molecule has 1 aromatic heterocycles. The normalized spacial score (nSPS) is 22.6. The van der Waals surface area contributed by atoms with Gasteiger partial charge in [-0.25, -0.2) is 4.98 Å². The minimum atomic E-state index is 0.699. The maximum absolute atomic E-state index is 4.36. The first-order valence-electron chi connectivity index (χ1n) is 4.30. The van der Waals surface area contributed by atoms with Crippen LogP contribution >= 0.6 is 0 Å². The Balaban J connectivity index is 2.31. The van der Waals surface area contributed by atoms with Gasteiger partial charge < -0.3 is 4.57 Å².